The number of hydrogen-bond acceptors (Lipinski definition) is 5. The summed E-state index contributed by atoms with van der Waals surface area (Å²) < 4.78 is 16.4. The number of hydrogen-bond donors (Lipinski definition) is 1. The molecule has 1 aliphatic heterocycles. The highest BCUT2D eigenvalue weighted by atomic mass is 16.7. The predicted octanol–water partition coefficient (Wildman–Crippen LogP) is 1.61. The van der Waals surface area contributed by atoms with Crippen molar-refractivity contribution in [3.8, 4) is 5.75 Å². The Morgan fingerprint density at radius 1 is 1.30 bits per heavy atom. The van der Waals surface area contributed by atoms with Gasteiger partial charge in [-0.1, -0.05) is 12.1 Å². The zero-order valence-corrected chi connectivity index (χ0v) is 12.2. The highest BCUT2D eigenvalue weighted by Gasteiger charge is 2.25. The first-order valence-corrected chi connectivity index (χ1v) is 7.04. The summed E-state index contributed by atoms with van der Waals surface area (Å²) in [5.74, 6) is 0.926. The van der Waals surface area contributed by atoms with Crippen LogP contribution in [0, 0.1) is 0 Å². The Morgan fingerprint density at radius 3 is 2.75 bits per heavy atom. The topological polar surface area (TPSA) is 57.0 Å². The van der Waals surface area contributed by atoms with Crippen molar-refractivity contribution < 1.29 is 14.2 Å². The van der Waals surface area contributed by atoms with E-state index in [1.54, 1.807) is 14.2 Å². The van der Waals surface area contributed by atoms with Crippen LogP contribution in [-0.4, -0.2) is 46.2 Å². The number of ether oxygens (including phenoxy) is 3. The van der Waals surface area contributed by atoms with E-state index in [1.807, 2.05) is 18.2 Å². The van der Waals surface area contributed by atoms with Crippen LogP contribution in [0.3, 0.4) is 0 Å². The van der Waals surface area contributed by atoms with Gasteiger partial charge >= 0.3 is 0 Å². The molecule has 2 N–H and O–H groups in total. The van der Waals surface area contributed by atoms with Gasteiger partial charge in [0.2, 0.25) is 0 Å². The van der Waals surface area contributed by atoms with Crippen LogP contribution in [0.25, 0.3) is 0 Å². The summed E-state index contributed by atoms with van der Waals surface area (Å²) >= 11 is 0. The van der Waals surface area contributed by atoms with Crippen molar-refractivity contribution in [2.45, 2.75) is 25.2 Å². The van der Waals surface area contributed by atoms with Crippen molar-refractivity contribution in [3.05, 3.63) is 24.3 Å². The summed E-state index contributed by atoms with van der Waals surface area (Å²) in [6.07, 6.45) is 1.48. The van der Waals surface area contributed by atoms with Crippen molar-refractivity contribution in [3.63, 3.8) is 0 Å². The van der Waals surface area contributed by atoms with E-state index in [4.69, 9.17) is 19.9 Å². The van der Waals surface area contributed by atoms with Gasteiger partial charge in [-0.05, 0) is 18.6 Å². The van der Waals surface area contributed by atoms with E-state index < -0.39 is 0 Å². The average Bonchev–Trinajstić information content (AvgIpc) is 2.71. The van der Waals surface area contributed by atoms with Crippen molar-refractivity contribution in [1.29, 1.82) is 0 Å². The zero-order valence-electron chi connectivity index (χ0n) is 12.2. The van der Waals surface area contributed by atoms with E-state index in [0.29, 0.717) is 6.54 Å². The number of rotatable bonds is 6. The quantitative estimate of drug-likeness (QED) is 0.802. The van der Waals surface area contributed by atoms with Gasteiger partial charge in [0.15, 0.2) is 6.29 Å². The molecule has 1 aromatic carbocycles. The maximum atomic E-state index is 5.98. The maximum Gasteiger partial charge on any atom is 0.158 e. The second kappa shape index (κ2) is 7.47. The van der Waals surface area contributed by atoms with Crippen LogP contribution in [-0.2, 0) is 9.47 Å². The number of nitrogens with zero attached hydrogens (tertiary/aromatic N) is 1. The fourth-order valence-electron chi connectivity index (χ4n) is 2.59. The Bertz CT molecular complexity index is 410. The van der Waals surface area contributed by atoms with Gasteiger partial charge in [0.25, 0.3) is 0 Å². The van der Waals surface area contributed by atoms with Gasteiger partial charge < -0.3 is 24.8 Å². The highest BCUT2D eigenvalue weighted by molar-refractivity contribution is 5.59. The fourth-order valence-corrected chi connectivity index (χ4v) is 2.59. The van der Waals surface area contributed by atoms with Crippen LogP contribution in [0.1, 0.15) is 12.8 Å². The van der Waals surface area contributed by atoms with Gasteiger partial charge in [0.1, 0.15) is 5.75 Å². The van der Waals surface area contributed by atoms with Crippen molar-refractivity contribution in [2.75, 3.05) is 38.8 Å². The second-order valence-corrected chi connectivity index (χ2v) is 4.89. The third-order valence-electron chi connectivity index (χ3n) is 3.68. The minimum absolute atomic E-state index is 0.169. The number of anilines is 1. The molecule has 1 unspecified atom stereocenters. The van der Waals surface area contributed by atoms with Crippen LogP contribution < -0.4 is 15.4 Å². The van der Waals surface area contributed by atoms with E-state index in [1.165, 1.54) is 0 Å². The Balaban J connectivity index is 2.20. The lowest BCUT2D eigenvalue weighted by molar-refractivity contribution is -0.109. The highest BCUT2D eigenvalue weighted by Crippen LogP contribution is 2.32. The van der Waals surface area contributed by atoms with Gasteiger partial charge in [-0.15, -0.1) is 0 Å². The molecule has 0 spiro atoms. The molecule has 0 aliphatic carbocycles. The number of fused-ring (bicyclic) bond motifs is 1. The Morgan fingerprint density at radius 2 is 2.05 bits per heavy atom. The molecule has 5 heteroatoms. The molecule has 0 bridgehead atoms. The van der Waals surface area contributed by atoms with Gasteiger partial charge in [0, 0.05) is 39.8 Å². The summed E-state index contributed by atoms with van der Waals surface area (Å²) in [6, 6.07) is 8.27. The first-order valence-electron chi connectivity index (χ1n) is 7.04. The summed E-state index contributed by atoms with van der Waals surface area (Å²) in [6.45, 7) is 2.22. The number of nitrogens with two attached hydrogens (primary N) is 1. The Labute approximate surface area is 120 Å². The van der Waals surface area contributed by atoms with Gasteiger partial charge in [-0.3, -0.25) is 0 Å². The molecule has 0 saturated carbocycles. The van der Waals surface area contributed by atoms with Gasteiger partial charge in [-0.2, -0.15) is 0 Å². The standard InChI is InChI=1S/C15H24N2O3/c1-18-15(19-2)10-12(11-16)17-8-5-9-20-14-7-4-3-6-13(14)17/h3-4,6-7,12,15H,5,8-11,16H2,1-2H3. The Kier molecular flexibility index (Phi) is 5.64. The van der Waals surface area contributed by atoms with E-state index in [9.17, 15) is 0 Å². The molecule has 1 heterocycles. The van der Waals surface area contributed by atoms with Crippen LogP contribution in [0.2, 0.25) is 0 Å². The summed E-state index contributed by atoms with van der Waals surface area (Å²) in [5, 5.41) is 0. The first-order chi connectivity index (χ1) is 9.80. The van der Waals surface area contributed by atoms with Crippen LogP contribution >= 0.6 is 0 Å². The molecule has 112 valence electrons. The molecule has 0 aromatic heterocycles. The fraction of sp³-hybridized carbons (Fsp3) is 0.600. The lowest BCUT2D eigenvalue weighted by atomic mass is 10.1. The number of methoxy groups -OCH3 is 2. The molecule has 1 atom stereocenters. The van der Waals surface area contributed by atoms with Gasteiger partial charge in [0.05, 0.1) is 12.3 Å². The largest absolute Gasteiger partial charge is 0.491 e. The first kappa shape index (κ1) is 15.1. The smallest absolute Gasteiger partial charge is 0.158 e. The normalized spacial score (nSPS) is 16.5. The van der Waals surface area contributed by atoms with Crippen molar-refractivity contribution >= 4 is 5.69 Å². The SMILES string of the molecule is COC(CC(CN)N1CCCOc2ccccc21)OC. The van der Waals surface area contributed by atoms with E-state index in [0.717, 1.165) is 37.4 Å². The summed E-state index contributed by atoms with van der Waals surface area (Å²) in [4.78, 5) is 2.31. The molecular formula is C15H24N2O3. The monoisotopic (exact) mass is 280 g/mol. The molecule has 20 heavy (non-hydrogen) atoms. The molecule has 2 rings (SSSR count). The molecule has 5 nitrogen and oxygen atoms in total. The second-order valence-electron chi connectivity index (χ2n) is 4.89. The lowest BCUT2D eigenvalue weighted by Gasteiger charge is -2.33. The molecule has 0 amide bonds. The van der Waals surface area contributed by atoms with Gasteiger partial charge in [-0.25, -0.2) is 0 Å². The van der Waals surface area contributed by atoms with Crippen LogP contribution in [0.5, 0.6) is 5.75 Å². The minimum Gasteiger partial charge on any atom is -0.491 e. The van der Waals surface area contributed by atoms with E-state index in [-0.39, 0.29) is 12.3 Å². The number of benzene rings is 1. The van der Waals surface area contributed by atoms with E-state index in [2.05, 4.69) is 11.0 Å². The average molecular weight is 280 g/mol. The third-order valence-corrected chi connectivity index (χ3v) is 3.68. The number of para-hydroxylation sites is 2. The van der Waals surface area contributed by atoms with Crippen molar-refractivity contribution in [2.24, 2.45) is 5.73 Å². The van der Waals surface area contributed by atoms with Crippen LogP contribution in [0.15, 0.2) is 24.3 Å². The Hall–Kier alpha value is -1.30. The van der Waals surface area contributed by atoms with Crippen molar-refractivity contribution in [1.82, 2.24) is 0 Å². The zero-order chi connectivity index (χ0) is 14.4. The predicted molar refractivity (Wildman–Crippen MR) is 79.2 cm³/mol. The lowest BCUT2D eigenvalue weighted by Crippen LogP contribution is -2.43. The maximum absolute atomic E-state index is 5.98. The summed E-state index contributed by atoms with van der Waals surface area (Å²) in [7, 11) is 3.31. The molecule has 0 fully saturated rings. The van der Waals surface area contributed by atoms with Crippen LogP contribution in [0.4, 0.5) is 5.69 Å². The van der Waals surface area contributed by atoms with E-state index >= 15 is 0 Å². The molecular weight excluding hydrogens is 256 g/mol. The minimum atomic E-state index is -0.236. The summed E-state index contributed by atoms with van der Waals surface area (Å²) in [5.41, 5.74) is 7.08. The third kappa shape index (κ3) is 3.42. The molecule has 0 saturated heterocycles. The molecule has 0 radical (unpaired) electrons. The molecule has 1 aromatic rings. The molecule has 1 aliphatic rings.